The molecule has 20 heavy (non-hydrogen) atoms. The fourth-order valence-electron chi connectivity index (χ4n) is 1.32. The number of rotatable bonds is 5. The van der Waals surface area contributed by atoms with Gasteiger partial charge in [0, 0.05) is 0 Å². The summed E-state index contributed by atoms with van der Waals surface area (Å²) in [5.41, 5.74) is 4.47. The highest BCUT2D eigenvalue weighted by molar-refractivity contribution is 5.85. The predicted molar refractivity (Wildman–Crippen MR) is 70.8 cm³/mol. The first-order valence-corrected chi connectivity index (χ1v) is 5.64. The van der Waals surface area contributed by atoms with E-state index in [2.05, 4.69) is 5.32 Å². The topological polar surface area (TPSA) is 64.4 Å². The number of carbonyl (C=O) groups is 1. The van der Waals surface area contributed by atoms with E-state index >= 15 is 0 Å². The molecule has 4 nitrogen and oxygen atoms in total. The second-order valence-corrected chi connectivity index (χ2v) is 3.92. The SMILES string of the molecule is C[C@H](N)C(=O)NCCOc1ccccc1C(F)(F)F.Cl. The Morgan fingerprint density at radius 2 is 2.00 bits per heavy atom. The number of amides is 1. The molecule has 1 aromatic carbocycles. The molecular formula is C12H16ClF3N2O2. The Morgan fingerprint density at radius 1 is 1.40 bits per heavy atom. The number of ether oxygens (including phenoxy) is 1. The number of para-hydroxylation sites is 1. The Balaban J connectivity index is 0.00000361. The van der Waals surface area contributed by atoms with Gasteiger partial charge < -0.3 is 15.8 Å². The van der Waals surface area contributed by atoms with Gasteiger partial charge in [-0.25, -0.2) is 0 Å². The molecule has 0 saturated carbocycles. The van der Waals surface area contributed by atoms with Crippen LogP contribution in [0.1, 0.15) is 12.5 Å². The smallest absolute Gasteiger partial charge is 0.419 e. The van der Waals surface area contributed by atoms with Crippen molar-refractivity contribution in [3.8, 4) is 5.75 Å². The van der Waals surface area contributed by atoms with Gasteiger partial charge in [-0.1, -0.05) is 12.1 Å². The average molecular weight is 313 g/mol. The molecule has 1 amide bonds. The lowest BCUT2D eigenvalue weighted by atomic mass is 10.2. The Kier molecular flexibility index (Phi) is 7.38. The second-order valence-electron chi connectivity index (χ2n) is 3.92. The third kappa shape index (κ3) is 5.66. The number of hydrogen-bond donors (Lipinski definition) is 2. The van der Waals surface area contributed by atoms with E-state index in [1.165, 1.54) is 25.1 Å². The van der Waals surface area contributed by atoms with Crippen molar-refractivity contribution in [2.24, 2.45) is 5.73 Å². The number of hydrogen-bond acceptors (Lipinski definition) is 3. The number of benzene rings is 1. The molecule has 0 spiro atoms. The van der Waals surface area contributed by atoms with Crippen LogP contribution in [0.4, 0.5) is 13.2 Å². The summed E-state index contributed by atoms with van der Waals surface area (Å²) >= 11 is 0. The van der Waals surface area contributed by atoms with Gasteiger partial charge in [-0.15, -0.1) is 12.4 Å². The first kappa shape index (κ1) is 18.5. The van der Waals surface area contributed by atoms with Crippen LogP contribution in [0.15, 0.2) is 24.3 Å². The fourth-order valence-corrected chi connectivity index (χ4v) is 1.32. The standard InChI is InChI=1S/C12H15F3N2O2.ClH/c1-8(16)11(18)17-6-7-19-10-5-3-2-4-9(10)12(13,14)15;/h2-5,8H,6-7,16H2,1H3,(H,17,18);1H/t8-;/m0./s1. The van der Waals surface area contributed by atoms with E-state index in [1.54, 1.807) is 0 Å². The maximum Gasteiger partial charge on any atom is 0.419 e. The molecule has 0 aliphatic rings. The molecule has 0 saturated heterocycles. The normalized spacial score (nSPS) is 12.2. The van der Waals surface area contributed by atoms with Gasteiger partial charge in [0.2, 0.25) is 5.91 Å². The van der Waals surface area contributed by atoms with Gasteiger partial charge in [0.1, 0.15) is 12.4 Å². The molecule has 1 atom stereocenters. The van der Waals surface area contributed by atoms with E-state index in [0.29, 0.717) is 0 Å². The van der Waals surface area contributed by atoms with Gasteiger partial charge >= 0.3 is 6.18 Å². The highest BCUT2D eigenvalue weighted by atomic mass is 35.5. The molecule has 0 aliphatic carbocycles. The summed E-state index contributed by atoms with van der Waals surface area (Å²) in [6.07, 6.45) is -4.47. The number of halogens is 4. The summed E-state index contributed by atoms with van der Waals surface area (Å²) in [5.74, 6) is -0.641. The molecule has 0 bridgehead atoms. The van der Waals surface area contributed by atoms with E-state index in [1.807, 2.05) is 0 Å². The zero-order chi connectivity index (χ0) is 14.5. The lowest BCUT2D eigenvalue weighted by molar-refractivity contribution is -0.139. The minimum Gasteiger partial charge on any atom is -0.491 e. The number of nitrogens with one attached hydrogen (secondary N) is 1. The molecule has 1 rings (SSSR count). The Bertz CT molecular complexity index is 439. The monoisotopic (exact) mass is 312 g/mol. The van der Waals surface area contributed by atoms with Crippen molar-refractivity contribution in [3.63, 3.8) is 0 Å². The van der Waals surface area contributed by atoms with Crippen LogP contribution in [0.5, 0.6) is 5.75 Å². The van der Waals surface area contributed by atoms with Crippen molar-refractivity contribution in [2.75, 3.05) is 13.2 Å². The zero-order valence-electron chi connectivity index (χ0n) is 10.7. The Labute approximate surface area is 120 Å². The van der Waals surface area contributed by atoms with Crippen molar-refractivity contribution in [2.45, 2.75) is 19.1 Å². The van der Waals surface area contributed by atoms with E-state index in [9.17, 15) is 18.0 Å². The van der Waals surface area contributed by atoms with Crippen molar-refractivity contribution < 1.29 is 22.7 Å². The molecule has 0 aromatic heterocycles. The van der Waals surface area contributed by atoms with Gasteiger partial charge in [-0.3, -0.25) is 4.79 Å². The average Bonchev–Trinajstić information content (AvgIpc) is 2.33. The van der Waals surface area contributed by atoms with E-state index in [-0.39, 0.29) is 37.2 Å². The van der Waals surface area contributed by atoms with Crippen molar-refractivity contribution in [1.82, 2.24) is 5.32 Å². The molecule has 3 N–H and O–H groups in total. The van der Waals surface area contributed by atoms with Gasteiger partial charge in [0.15, 0.2) is 0 Å². The van der Waals surface area contributed by atoms with Gasteiger partial charge in [0.05, 0.1) is 18.2 Å². The van der Waals surface area contributed by atoms with Crippen LogP contribution in [-0.4, -0.2) is 25.1 Å². The molecule has 114 valence electrons. The van der Waals surface area contributed by atoms with Crippen molar-refractivity contribution in [3.05, 3.63) is 29.8 Å². The van der Waals surface area contributed by atoms with Gasteiger partial charge in [0.25, 0.3) is 0 Å². The first-order valence-electron chi connectivity index (χ1n) is 5.64. The number of carbonyl (C=O) groups excluding carboxylic acids is 1. The van der Waals surface area contributed by atoms with E-state index in [4.69, 9.17) is 10.5 Å². The third-order valence-corrected chi connectivity index (χ3v) is 2.26. The Hall–Kier alpha value is -1.47. The summed E-state index contributed by atoms with van der Waals surface area (Å²) < 4.78 is 42.9. The molecule has 0 radical (unpaired) electrons. The summed E-state index contributed by atoms with van der Waals surface area (Å²) in [4.78, 5) is 11.1. The minimum atomic E-state index is -4.47. The molecule has 0 aliphatic heterocycles. The maximum absolute atomic E-state index is 12.6. The quantitative estimate of drug-likeness (QED) is 0.817. The van der Waals surface area contributed by atoms with Crippen LogP contribution in [0.2, 0.25) is 0 Å². The first-order chi connectivity index (χ1) is 8.82. The van der Waals surface area contributed by atoms with Crippen LogP contribution in [0, 0.1) is 0 Å². The third-order valence-electron chi connectivity index (χ3n) is 2.26. The number of nitrogens with two attached hydrogens (primary N) is 1. The molecule has 1 aromatic rings. The molecule has 0 heterocycles. The van der Waals surface area contributed by atoms with E-state index < -0.39 is 17.8 Å². The van der Waals surface area contributed by atoms with Crippen molar-refractivity contribution in [1.29, 1.82) is 0 Å². The van der Waals surface area contributed by atoms with Gasteiger partial charge in [-0.2, -0.15) is 13.2 Å². The van der Waals surface area contributed by atoms with Gasteiger partial charge in [-0.05, 0) is 19.1 Å². The number of alkyl halides is 3. The van der Waals surface area contributed by atoms with Crippen molar-refractivity contribution >= 4 is 18.3 Å². The van der Waals surface area contributed by atoms with Crippen LogP contribution < -0.4 is 15.8 Å². The summed E-state index contributed by atoms with van der Waals surface area (Å²) in [5, 5.41) is 2.44. The minimum absolute atomic E-state index is 0. The lowest BCUT2D eigenvalue weighted by Gasteiger charge is -2.14. The molecule has 0 fully saturated rings. The summed E-state index contributed by atoms with van der Waals surface area (Å²) in [7, 11) is 0. The largest absolute Gasteiger partial charge is 0.491 e. The summed E-state index contributed by atoms with van der Waals surface area (Å²) in [6, 6.07) is 4.24. The summed E-state index contributed by atoms with van der Waals surface area (Å²) in [6.45, 7) is 1.53. The maximum atomic E-state index is 12.6. The molecular weight excluding hydrogens is 297 g/mol. The van der Waals surface area contributed by atoms with E-state index in [0.717, 1.165) is 6.07 Å². The lowest BCUT2D eigenvalue weighted by Crippen LogP contribution is -2.40. The van der Waals surface area contributed by atoms with Crippen LogP contribution >= 0.6 is 12.4 Å². The Morgan fingerprint density at radius 3 is 2.55 bits per heavy atom. The fraction of sp³-hybridized carbons (Fsp3) is 0.417. The highest BCUT2D eigenvalue weighted by Crippen LogP contribution is 2.35. The zero-order valence-corrected chi connectivity index (χ0v) is 11.6. The molecule has 8 heteroatoms. The van der Waals surface area contributed by atoms with Crippen LogP contribution in [-0.2, 0) is 11.0 Å². The predicted octanol–water partition coefficient (Wildman–Crippen LogP) is 1.97. The van der Waals surface area contributed by atoms with Crippen LogP contribution in [0.3, 0.4) is 0 Å². The molecule has 0 unspecified atom stereocenters. The van der Waals surface area contributed by atoms with Crippen LogP contribution in [0.25, 0.3) is 0 Å². The second kappa shape index (κ2) is 7.96. The highest BCUT2D eigenvalue weighted by Gasteiger charge is 2.33.